The first-order valence-corrected chi connectivity index (χ1v) is 37.1. The highest BCUT2D eigenvalue weighted by atomic mass is 16.4. The largest absolute Gasteiger partial charge is 0.480 e. The third-order valence-electron chi connectivity index (χ3n) is 18.8. The lowest BCUT2D eigenvalue weighted by Gasteiger charge is -2.30. The molecule has 0 saturated heterocycles. The summed E-state index contributed by atoms with van der Waals surface area (Å²) in [5.74, 6) is -12.9. The van der Waals surface area contributed by atoms with Gasteiger partial charge in [0.1, 0.15) is 60.4 Å². The summed E-state index contributed by atoms with van der Waals surface area (Å²) in [6.07, 6.45) is 3.36. The second kappa shape index (κ2) is 48.7. The van der Waals surface area contributed by atoms with Crippen molar-refractivity contribution in [2.45, 2.75) is 226 Å². The number of carboxylic acids is 1. The summed E-state index contributed by atoms with van der Waals surface area (Å²) in [7, 11) is 0. The fourth-order valence-corrected chi connectivity index (χ4v) is 11.4. The van der Waals surface area contributed by atoms with Crippen molar-refractivity contribution in [2.75, 3.05) is 32.8 Å². The molecule has 0 fully saturated rings. The Bertz CT molecular complexity index is 3280. The molecule has 0 aromatic heterocycles. The first-order chi connectivity index (χ1) is 50.4. The van der Waals surface area contributed by atoms with E-state index in [9.17, 15) is 72.5 Å². The van der Waals surface area contributed by atoms with Crippen LogP contribution in [0.2, 0.25) is 0 Å². The lowest BCUT2D eigenvalue weighted by Crippen LogP contribution is -2.62. The summed E-state index contributed by atoms with van der Waals surface area (Å²) in [5, 5.41) is 52.6. The van der Waals surface area contributed by atoms with Crippen molar-refractivity contribution in [1.29, 1.82) is 0 Å². The summed E-state index contributed by atoms with van der Waals surface area (Å²) in [4.78, 5) is 181. The molecule has 3 aromatic rings. The number of unbranched alkanes of at least 4 members (excludes halogenated alkanes) is 2. The molecule has 3 aromatic carbocycles. The van der Waals surface area contributed by atoms with Gasteiger partial charge in [0.05, 0.1) is 25.7 Å². The van der Waals surface area contributed by atoms with Gasteiger partial charge in [0, 0.05) is 12.8 Å². The van der Waals surface area contributed by atoms with E-state index in [1.807, 2.05) is 51.1 Å². The van der Waals surface area contributed by atoms with Crippen LogP contribution in [0.1, 0.15) is 157 Å². The van der Waals surface area contributed by atoms with Gasteiger partial charge < -0.3 is 91.2 Å². The minimum Gasteiger partial charge on any atom is -0.480 e. The highest BCUT2D eigenvalue weighted by molar-refractivity contribution is 5.99. The van der Waals surface area contributed by atoms with Crippen molar-refractivity contribution < 1.29 is 72.5 Å². The van der Waals surface area contributed by atoms with Crippen LogP contribution in [0.4, 0.5) is 0 Å². The highest BCUT2D eigenvalue weighted by Gasteiger charge is 2.39. The number of nitrogens with two attached hydrogens (primary N) is 3. The second-order valence-electron chi connectivity index (χ2n) is 27.8. The summed E-state index contributed by atoms with van der Waals surface area (Å²) in [6.45, 7) is 15.9. The Balaban J connectivity index is 1.82. The molecule has 0 spiro atoms. The van der Waals surface area contributed by atoms with Gasteiger partial charge in [-0.3, -0.25) is 57.5 Å². The molecule has 0 radical (unpaired) electrons. The maximum Gasteiger partial charge on any atom is 0.326 e. The zero-order chi connectivity index (χ0) is 79.0. The van der Waals surface area contributed by atoms with Crippen molar-refractivity contribution in [3.8, 4) is 0 Å². The minimum atomic E-state index is -1.72. The Hall–Kier alpha value is -9.39. The quantitative estimate of drug-likeness (QED) is 0.0346. The Morgan fingerprint density at radius 3 is 1.12 bits per heavy atom. The average molecular weight is 1480 g/mol. The van der Waals surface area contributed by atoms with Crippen LogP contribution in [0, 0.1) is 29.6 Å². The van der Waals surface area contributed by atoms with E-state index in [-0.39, 0.29) is 63.5 Å². The van der Waals surface area contributed by atoms with E-state index < -0.39 is 181 Å². The first-order valence-electron chi connectivity index (χ1n) is 37.1. The Labute approximate surface area is 623 Å². The number of carboxylic acid groups (broad SMARTS) is 1. The fourth-order valence-electron chi connectivity index (χ4n) is 11.4. The van der Waals surface area contributed by atoms with E-state index in [0.717, 1.165) is 5.56 Å². The van der Waals surface area contributed by atoms with Crippen LogP contribution in [-0.2, 0) is 81.6 Å². The molecule has 20 N–H and O–H groups in total. The number of aliphatic hydroxyl groups excluding tert-OH is 1. The van der Waals surface area contributed by atoms with Crippen LogP contribution >= 0.6 is 0 Å². The molecule has 0 aliphatic heterocycles. The second-order valence-corrected chi connectivity index (χ2v) is 27.8. The van der Waals surface area contributed by atoms with Crippen molar-refractivity contribution >= 4 is 76.9 Å². The van der Waals surface area contributed by atoms with Gasteiger partial charge in [-0.15, -0.1) is 0 Å². The van der Waals surface area contributed by atoms with Crippen LogP contribution in [-0.4, -0.2) is 186 Å². The van der Waals surface area contributed by atoms with Crippen molar-refractivity contribution in [2.24, 2.45) is 46.8 Å². The molecule has 0 bridgehead atoms. The first kappa shape index (κ1) is 90.8. The number of hydrogen-bond donors (Lipinski definition) is 17. The molecule has 106 heavy (non-hydrogen) atoms. The monoisotopic (exact) mass is 1480 g/mol. The number of carbonyl (C=O) groups excluding carboxylic acids is 12. The predicted molar refractivity (Wildman–Crippen MR) is 402 cm³/mol. The normalized spacial score (nSPS) is 15.5. The van der Waals surface area contributed by atoms with E-state index >= 15 is 0 Å². The van der Waals surface area contributed by atoms with Crippen LogP contribution < -0.4 is 81.0 Å². The predicted octanol–water partition coefficient (Wildman–Crippen LogP) is 0.688. The van der Waals surface area contributed by atoms with Gasteiger partial charge in [-0.1, -0.05) is 186 Å². The molecule has 0 unspecified atom stereocenters. The van der Waals surface area contributed by atoms with Gasteiger partial charge in [-0.2, -0.15) is 0 Å². The SMILES string of the molecule is CC[C@H](C)[C@H](NC(=O)CNC(=O)CNC(=O)[C@@H](NC(=O)[C@@H](N)Cc1ccccc1)[C@@H](C)CC)C(=O)N[C@H](C(=O)N[C@@H](CO)C(=O)N[C@@H](Cc1ccccc1)C(=O)N[C@H](C(=O)N[C@@H](CCCCN)C(=O)N[C@@H](CCCCN)C(=O)N[C@@H](CC(C)C)C(=O)N[C@@H](Cc1ccccc1)C(=O)O)[C@@H](C)CC)[C@@H](C)CC. The summed E-state index contributed by atoms with van der Waals surface area (Å²) < 4.78 is 0. The summed E-state index contributed by atoms with van der Waals surface area (Å²) in [5.41, 5.74) is 19.9. The van der Waals surface area contributed by atoms with Crippen LogP contribution in [0.5, 0.6) is 0 Å². The van der Waals surface area contributed by atoms with E-state index in [2.05, 4.69) is 63.8 Å². The van der Waals surface area contributed by atoms with E-state index in [1.165, 1.54) is 0 Å². The number of nitrogens with one attached hydrogen (secondary N) is 12. The lowest BCUT2D eigenvalue weighted by atomic mass is 9.94. The number of rotatable bonds is 50. The van der Waals surface area contributed by atoms with Gasteiger partial charge in [0.2, 0.25) is 70.9 Å². The fraction of sp³-hybridized carbons (Fsp3) is 0.592. The molecule has 30 heteroatoms. The number of amides is 12. The standard InChI is InChI=1S/C76H119N15O15/c1-11-46(7)62(89-66(95)53(79)39-50-28-18-15-19-29-50)72(101)81-42-60(93)80-43-61(94)88-63(47(8)12-2)75(104)91-65(49(10)14-4)74(103)87-59(44-92)71(100)85-57(40-51-30-20-16-21-31-51)70(99)90-64(48(9)13-3)73(102)83-55(35-25-27-37-78)67(96)82-54(34-24-26-36-77)68(97)84-56(38-45(5)6)69(98)86-58(76(105)106)41-52-32-22-17-23-33-52/h15-23,28-33,45-49,53-59,62-65,92H,11-14,24-27,34-44,77-79H2,1-10H3,(H,80,93)(H,81,101)(H,82,96)(H,83,102)(H,84,97)(H,85,100)(H,86,98)(H,87,103)(H,88,94)(H,89,95)(H,90,99)(H,91,104)(H,105,106)/t46-,47-,48-,49-,53-,54-,55-,56-,57-,58-,59-,62-,63-,64-,65-/m0/s1. The molecule has 0 heterocycles. The van der Waals surface area contributed by atoms with Gasteiger partial charge in [0.15, 0.2) is 0 Å². The molecule has 0 aliphatic rings. The van der Waals surface area contributed by atoms with Gasteiger partial charge in [0.25, 0.3) is 0 Å². The number of benzene rings is 3. The minimum absolute atomic E-state index is 0.0288. The van der Waals surface area contributed by atoms with Gasteiger partial charge in [-0.05, 0) is 111 Å². The van der Waals surface area contributed by atoms with Crippen LogP contribution in [0.25, 0.3) is 0 Å². The smallest absolute Gasteiger partial charge is 0.326 e. The third kappa shape index (κ3) is 32.1. The zero-order valence-electron chi connectivity index (χ0n) is 63.3. The zero-order valence-corrected chi connectivity index (χ0v) is 63.3. The summed E-state index contributed by atoms with van der Waals surface area (Å²) in [6, 6.07) is 12.1. The Morgan fingerprint density at radius 2 is 0.689 bits per heavy atom. The van der Waals surface area contributed by atoms with Crippen LogP contribution in [0.15, 0.2) is 91.0 Å². The van der Waals surface area contributed by atoms with Gasteiger partial charge in [-0.25, -0.2) is 4.79 Å². The van der Waals surface area contributed by atoms with Crippen molar-refractivity contribution in [1.82, 2.24) is 63.8 Å². The molecular formula is C76H119N15O15. The number of aliphatic hydroxyl groups is 1. The molecule has 588 valence electrons. The molecular weight excluding hydrogens is 1360 g/mol. The molecule has 0 saturated carbocycles. The molecule has 12 amide bonds. The third-order valence-corrected chi connectivity index (χ3v) is 18.8. The highest BCUT2D eigenvalue weighted by Crippen LogP contribution is 2.18. The number of carbonyl (C=O) groups is 13. The van der Waals surface area contributed by atoms with Gasteiger partial charge >= 0.3 is 5.97 Å². The van der Waals surface area contributed by atoms with E-state index in [0.29, 0.717) is 62.5 Å². The topological polar surface area (TPSA) is 485 Å². The molecule has 3 rings (SSSR count). The van der Waals surface area contributed by atoms with Crippen molar-refractivity contribution in [3.63, 3.8) is 0 Å². The molecule has 0 aliphatic carbocycles. The molecule has 15 atom stereocenters. The van der Waals surface area contributed by atoms with E-state index in [4.69, 9.17) is 17.2 Å². The number of hydrogen-bond acceptors (Lipinski definition) is 17. The maximum absolute atomic E-state index is 14.8. The van der Waals surface area contributed by atoms with E-state index in [1.54, 1.807) is 109 Å². The van der Waals surface area contributed by atoms with Crippen LogP contribution in [0.3, 0.4) is 0 Å². The summed E-state index contributed by atoms with van der Waals surface area (Å²) >= 11 is 0. The Kier molecular flexibility index (Phi) is 41.7. The maximum atomic E-state index is 14.8. The lowest BCUT2D eigenvalue weighted by molar-refractivity contribution is -0.142. The molecule has 30 nitrogen and oxygen atoms in total. The van der Waals surface area contributed by atoms with Crippen molar-refractivity contribution in [3.05, 3.63) is 108 Å². The average Bonchev–Trinajstić information content (AvgIpc) is 0.844. The Morgan fingerprint density at radius 1 is 0.358 bits per heavy atom. The number of aliphatic carboxylic acids is 1.